The van der Waals surface area contributed by atoms with Crippen molar-refractivity contribution in [1.82, 2.24) is 10.2 Å². The maximum absolute atomic E-state index is 13.7. The predicted molar refractivity (Wildman–Crippen MR) is 144 cm³/mol. The lowest BCUT2D eigenvalue weighted by atomic mass is 10.1. The molecule has 198 valence electrons. The van der Waals surface area contributed by atoms with Crippen LogP contribution in [-0.2, 0) is 26.2 Å². The molecule has 2 aromatic carbocycles. The highest BCUT2D eigenvalue weighted by Gasteiger charge is 2.32. The van der Waals surface area contributed by atoms with Crippen LogP contribution < -0.4 is 14.4 Å². The first-order chi connectivity index (χ1) is 17.0. The molecule has 0 aliphatic heterocycles. The molecule has 0 bridgehead atoms. The number of ether oxygens (including phenoxy) is 1. The van der Waals surface area contributed by atoms with Crippen LogP contribution in [0.15, 0.2) is 48.5 Å². The molecule has 2 rings (SSSR count). The summed E-state index contributed by atoms with van der Waals surface area (Å²) in [4.78, 5) is 28.3. The number of nitrogens with zero attached hydrogens (tertiary/aromatic N) is 2. The summed E-state index contributed by atoms with van der Waals surface area (Å²) in [5.74, 6) is -0.102. The molecule has 0 aliphatic carbocycles. The first-order valence-corrected chi connectivity index (χ1v) is 14.2. The molecule has 2 amide bonds. The SMILES string of the molecule is CCOc1ccc(N(CC(=O)N(Cc2ccc(C)cc2)[C@H](CC)C(=O)N[C@H](C)CC)S(C)(=O)=O)cc1. The fourth-order valence-corrected chi connectivity index (χ4v) is 4.59. The molecule has 0 aromatic heterocycles. The molecule has 36 heavy (non-hydrogen) atoms. The number of carbonyl (C=O) groups is 2. The molecular weight excluding hydrogens is 478 g/mol. The van der Waals surface area contributed by atoms with Crippen LogP contribution in [0.4, 0.5) is 5.69 Å². The molecule has 0 fully saturated rings. The minimum atomic E-state index is -3.78. The Labute approximate surface area is 215 Å². The van der Waals surface area contributed by atoms with Gasteiger partial charge in [-0.3, -0.25) is 13.9 Å². The zero-order valence-electron chi connectivity index (χ0n) is 22.2. The fourth-order valence-electron chi connectivity index (χ4n) is 3.74. The van der Waals surface area contributed by atoms with Gasteiger partial charge in [0.1, 0.15) is 18.3 Å². The van der Waals surface area contributed by atoms with E-state index >= 15 is 0 Å². The van der Waals surface area contributed by atoms with Gasteiger partial charge in [-0.1, -0.05) is 43.7 Å². The van der Waals surface area contributed by atoms with Gasteiger partial charge in [0.15, 0.2) is 0 Å². The zero-order chi connectivity index (χ0) is 26.9. The maximum atomic E-state index is 13.7. The largest absolute Gasteiger partial charge is 0.494 e. The summed E-state index contributed by atoms with van der Waals surface area (Å²) in [7, 11) is -3.78. The highest BCUT2D eigenvalue weighted by atomic mass is 32.2. The Morgan fingerprint density at radius 1 is 0.972 bits per heavy atom. The van der Waals surface area contributed by atoms with Gasteiger partial charge in [0.25, 0.3) is 0 Å². The highest BCUT2D eigenvalue weighted by Crippen LogP contribution is 2.23. The average Bonchev–Trinajstić information content (AvgIpc) is 2.83. The minimum Gasteiger partial charge on any atom is -0.494 e. The van der Waals surface area contributed by atoms with Crippen molar-refractivity contribution in [1.29, 1.82) is 0 Å². The molecule has 1 N–H and O–H groups in total. The third-order valence-corrected chi connectivity index (χ3v) is 7.12. The second kappa shape index (κ2) is 13.3. The maximum Gasteiger partial charge on any atom is 0.244 e. The van der Waals surface area contributed by atoms with Crippen LogP contribution in [0.1, 0.15) is 51.7 Å². The molecule has 2 atom stereocenters. The van der Waals surface area contributed by atoms with Crippen molar-refractivity contribution >= 4 is 27.5 Å². The summed E-state index contributed by atoms with van der Waals surface area (Å²) in [5.41, 5.74) is 2.29. The van der Waals surface area contributed by atoms with E-state index in [-0.39, 0.29) is 18.5 Å². The van der Waals surface area contributed by atoms with Crippen LogP contribution in [-0.4, -0.2) is 56.6 Å². The number of anilines is 1. The normalized spacial score (nSPS) is 12.9. The van der Waals surface area contributed by atoms with Gasteiger partial charge in [-0.25, -0.2) is 8.42 Å². The standard InChI is InChI=1S/C27H39N3O5S/c1-7-21(5)28-27(32)25(8-2)29(18-22-12-10-20(4)11-13-22)26(31)19-30(36(6,33)34)23-14-16-24(17-15-23)35-9-3/h10-17,21,25H,7-9,18-19H2,1-6H3,(H,28,32)/t21-,25-/m1/s1. The minimum absolute atomic E-state index is 0.0424. The van der Waals surface area contributed by atoms with E-state index in [9.17, 15) is 18.0 Å². The Morgan fingerprint density at radius 2 is 1.58 bits per heavy atom. The van der Waals surface area contributed by atoms with Gasteiger partial charge in [0.2, 0.25) is 21.8 Å². The number of benzene rings is 2. The quantitative estimate of drug-likeness (QED) is 0.435. The molecule has 0 radical (unpaired) electrons. The smallest absolute Gasteiger partial charge is 0.244 e. The van der Waals surface area contributed by atoms with E-state index in [0.717, 1.165) is 28.1 Å². The Balaban J connectivity index is 2.41. The van der Waals surface area contributed by atoms with Gasteiger partial charge in [0.05, 0.1) is 18.6 Å². The first-order valence-electron chi connectivity index (χ1n) is 12.4. The third-order valence-electron chi connectivity index (χ3n) is 5.98. The monoisotopic (exact) mass is 517 g/mol. The lowest BCUT2D eigenvalue weighted by Crippen LogP contribution is -2.53. The van der Waals surface area contributed by atoms with Crippen molar-refractivity contribution in [2.45, 2.75) is 66.1 Å². The van der Waals surface area contributed by atoms with Gasteiger partial charge in [-0.05, 0) is 63.4 Å². The number of hydrogen-bond donors (Lipinski definition) is 1. The van der Waals surface area contributed by atoms with Crippen molar-refractivity contribution in [2.24, 2.45) is 0 Å². The predicted octanol–water partition coefficient (Wildman–Crippen LogP) is 3.88. The van der Waals surface area contributed by atoms with Gasteiger partial charge < -0.3 is 15.0 Å². The fraction of sp³-hybridized carbons (Fsp3) is 0.481. The van der Waals surface area contributed by atoms with Crippen molar-refractivity contribution in [3.63, 3.8) is 0 Å². The molecule has 0 heterocycles. The molecule has 0 unspecified atom stereocenters. The number of nitrogens with one attached hydrogen (secondary N) is 1. The van der Waals surface area contributed by atoms with E-state index in [4.69, 9.17) is 4.74 Å². The average molecular weight is 518 g/mol. The summed E-state index contributed by atoms with van der Waals surface area (Å²) < 4.78 is 31.9. The van der Waals surface area contributed by atoms with Gasteiger partial charge >= 0.3 is 0 Å². The number of aryl methyl sites for hydroxylation is 1. The molecule has 9 heteroatoms. The molecule has 0 saturated heterocycles. The summed E-state index contributed by atoms with van der Waals surface area (Å²) in [6.45, 7) is 9.81. The molecule has 8 nitrogen and oxygen atoms in total. The number of sulfonamides is 1. The van der Waals surface area contributed by atoms with Gasteiger partial charge in [0, 0.05) is 12.6 Å². The Morgan fingerprint density at radius 3 is 2.08 bits per heavy atom. The number of amides is 2. The summed E-state index contributed by atoms with van der Waals surface area (Å²) in [5, 5.41) is 2.97. The zero-order valence-corrected chi connectivity index (χ0v) is 23.0. The van der Waals surface area contributed by atoms with Crippen LogP contribution in [0.5, 0.6) is 5.75 Å². The molecular formula is C27H39N3O5S. The lowest BCUT2D eigenvalue weighted by molar-refractivity contribution is -0.140. The van der Waals surface area contributed by atoms with E-state index in [1.54, 1.807) is 24.3 Å². The van der Waals surface area contributed by atoms with Crippen LogP contribution in [0.2, 0.25) is 0 Å². The summed E-state index contributed by atoms with van der Waals surface area (Å²) in [6, 6.07) is 13.5. The van der Waals surface area contributed by atoms with E-state index in [0.29, 0.717) is 24.5 Å². The van der Waals surface area contributed by atoms with E-state index in [1.807, 2.05) is 58.9 Å². The Kier molecular flexibility index (Phi) is 10.8. The number of rotatable bonds is 13. The highest BCUT2D eigenvalue weighted by molar-refractivity contribution is 7.92. The van der Waals surface area contributed by atoms with E-state index < -0.39 is 28.5 Å². The summed E-state index contributed by atoms with van der Waals surface area (Å²) >= 11 is 0. The third kappa shape index (κ3) is 8.26. The van der Waals surface area contributed by atoms with Gasteiger partial charge in [-0.2, -0.15) is 0 Å². The van der Waals surface area contributed by atoms with Crippen molar-refractivity contribution in [3.8, 4) is 5.75 Å². The van der Waals surface area contributed by atoms with Crippen LogP contribution in [0.25, 0.3) is 0 Å². The summed E-state index contributed by atoms with van der Waals surface area (Å²) in [6.07, 6.45) is 2.21. The van der Waals surface area contributed by atoms with Crippen molar-refractivity contribution in [3.05, 3.63) is 59.7 Å². The van der Waals surface area contributed by atoms with Crippen molar-refractivity contribution < 1.29 is 22.7 Å². The topological polar surface area (TPSA) is 96.0 Å². The van der Waals surface area contributed by atoms with Crippen LogP contribution in [0, 0.1) is 6.92 Å². The number of hydrogen-bond acceptors (Lipinski definition) is 5. The lowest BCUT2D eigenvalue weighted by Gasteiger charge is -2.33. The second-order valence-corrected chi connectivity index (χ2v) is 10.9. The van der Waals surface area contributed by atoms with Gasteiger partial charge in [-0.15, -0.1) is 0 Å². The number of carbonyl (C=O) groups excluding carboxylic acids is 2. The van der Waals surface area contributed by atoms with E-state index in [1.165, 1.54) is 4.90 Å². The van der Waals surface area contributed by atoms with Crippen LogP contribution in [0.3, 0.4) is 0 Å². The first kappa shape index (κ1) is 29.2. The van der Waals surface area contributed by atoms with Crippen LogP contribution >= 0.6 is 0 Å². The Hall–Kier alpha value is -3.07. The van der Waals surface area contributed by atoms with Crippen molar-refractivity contribution in [2.75, 3.05) is 23.7 Å². The Bertz CT molecular complexity index is 1100. The molecule has 0 aliphatic rings. The second-order valence-electron chi connectivity index (χ2n) is 8.95. The molecule has 0 saturated carbocycles. The molecule has 0 spiro atoms. The molecule has 2 aromatic rings. The van der Waals surface area contributed by atoms with E-state index in [2.05, 4.69) is 5.32 Å².